The third kappa shape index (κ3) is 3.75. The molecule has 140 valence electrons. The summed E-state index contributed by atoms with van der Waals surface area (Å²) in [6.07, 6.45) is 0. The van der Waals surface area contributed by atoms with Gasteiger partial charge in [0.05, 0.1) is 16.7 Å². The van der Waals surface area contributed by atoms with Crippen LogP contribution in [0, 0.1) is 24.0 Å². The first-order valence-corrected chi connectivity index (χ1v) is 9.15. The summed E-state index contributed by atoms with van der Waals surface area (Å²) in [6, 6.07) is 9.68. The van der Waals surface area contributed by atoms with Gasteiger partial charge in [0, 0.05) is 19.2 Å². The van der Waals surface area contributed by atoms with Crippen LogP contribution < -0.4 is 0 Å². The number of hydrogen-bond acceptors (Lipinski definition) is 6. The minimum absolute atomic E-state index is 0.00430. The standard InChI is InChI=1S/C19H19N3O4S/c1-11-8-9-16(26-11)18-20-12(2)17(27-18)19(23)21(4)13(3)14-6-5-7-15(10-14)22(24)25/h5-10,13H,1-4H3. The van der Waals surface area contributed by atoms with Crippen LogP contribution in [-0.4, -0.2) is 27.8 Å². The second kappa shape index (κ2) is 7.32. The number of carbonyl (C=O) groups excluding carboxylic acids is 1. The third-order valence-electron chi connectivity index (χ3n) is 4.41. The Morgan fingerprint density at radius 1 is 1.30 bits per heavy atom. The Kier molecular flexibility index (Phi) is 5.09. The molecular weight excluding hydrogens is 366 g/mol. The molecule has 0 saturated heterocycles. The van der Waals surface area contributed by atoms with Crippen molar-refractivity contribution in [2.45, 2.75) is 26.8 Å². The molecule has 0 spiro atoms. The van der Waals surface area contributed by atoms with E-state index in [2.05, 4.69) is 4.98 Å². The minimum Gasteiger partial charge on any atom is -0.459 e. The first-order chi connectivity index (χ1) is 12.8. The summed E-state index contributed by atoms with van der Waals surface area (Å²) in [4.78, 5) is 30.1. The molecule has 1 unspecified atom stereocenters. The van der Waals surface area contributed by atoms with Crippen molar-refractivity contribution in [2.75, 3.05) is 7.05 Å². The predicted octanol–water partition coefficient (Wildman–Crippen LogP) is 4.76. The Morgan fingerprint density at radius 3 is 2.67 bits per heavy atom. The number of hydrogen-bond donors (Lipinski definition) is 0. The van der Waals surface area contributed by atoms with E-state index in [-0.39, 0.29) is 17.6 Å². The minimum atomic E-state index is -0.441. The van der Waals surface area contributed by atoms with Crippen molar-refractivity contribution in [1.82, 2.24) is 9.88 Å². The number of furan rings is 1. The number of amides is 1. The second-order valence-corrected chi connectivity index (χ2v) is 7.29. The SMILES string of the molecule is Cc1ccc(-c2nc(C)c(C(=O)N(C)C(C)c3cccc([N+](=O)[O-])c3)s2)o1. The number of aryl methyl sites for hydroxylation is 2. The van der Waals surface area contributed by atoms with E-state index in [4.69, 9.17) is 4.42 Å². The highest BCUT2D eigenvalue weighted by Crippen LogP contribution is 2.32. The van der Waals surface area contributed by atoms with E-state index in [1.54, 1.807) is 31.0 Å². The van der Waals surface area contributed by atoms with E-state index in [1.807, 2.05) is 26.0 Å². The Balaban J connectivity index is 1.86. The molecule has 2 aromatic heterocycles. The molecule has 0 aliphatic carbocycles. The molecule has 27 heavy (non-hydrogen) atoms. The summed E-state index contributed by atoms with van der Waals surface area (Å²) in [5.41, 5.74) is 1.33. The molecule has 3 rings (SSSR count). The fraction of sp³-hybridized carbons (Fsp3) is 0.263. The third-order valence-corrected chi connectivity index (χ3v) is 5.57. The number of rotatable bonds is 5. The van der Waals surface area contributed by atoms with E-state index in [1.165, 1.54) is 23.5 Å². The molecule has 1 amide bonds. The number of nitro groups is 1. The maximum absolute atomic E-state index is 13.0. The van der Waals surface area contributed by atoms with E-state index < -0.39 is 4.92 Å². The van der Waals surface area contributed by atoms with Gasteiger partial charge in [-0.25, -0.2) is 4.98 Å². The Morgan fingerprint density at radius 2 is 2.04 bits per heavy atom. The summed E-state index contributed by atoms with van der Waals surface area (Å²) in [7, 11) is 1.68. The molecule has 7 nitrogen and oxygen atoms in total. The van der Waals surface area contributed by atoms with E-state index in [9.17, 15) is 14.9 Å². The van der Waals surface area contributed by atoms with Gasteiger partial charge in [-0.3, -0.25) is 14.9 Å². The van der Waals surface area contributed by atoms with Crippen LogP contribution >= 0.6 is 11.3 Å². The highest BCUT2D eigenvalue weighted by atomic mass is 32.1. The lowest BCUT2D eigenvalue weighted by atomic mass is 10.1. The van der Waals surface area contributed by atoms with Crippen LogP contribution in [0.4, 0.5) is 5.69 Å². The van der Waals surface area contributed by atoms with Gasteiger partial charge in [-0.15, -0.1) is 11.3 Å². The molecule has 1 aromatic carbocycles. The zero-order valence-corrected chi connectivity index (χ0v) is 16.2. The molecule has 0 aliphatic rings. The van der Waals surface area contributed by atoms with Crippen molar-refractivity contribution < 1.29 is 14.1 Å². The summed E-state index contributed by atoms with van der Waals surface area (Å²) >= 11 is 1.28. The number of thiazole rings is 1. The van der Waals surface area contributed by atoms with Crippen molar-refractivity contribution in [2.24, 2.45) is 0 Å². The average Bonchev–Trinajstić information content (AvgIpc) is 3.25. The van der Waals surface area contributed by atoms with Gasteiger partial charge in [-0.1, -0.05) is 12.1 Å². The highest BCUT2D eigenvalue weighted by Gasteiger charge is 2.25. The van der Waals surface area contributed by atoms with Gasteiger partial charge in [0.25, 0.3) is 11.6 Å². The van der Waals surface area contributed by atoms with Gasteiger partial charge in [0.15, 0.2) is 10.8 Å². The van der Waals surface area contributed by atoms with Gasteiger partial charge >= 0.3 is 0 Å². The number of carbonyl (C=O) groups is 1. The average molecular weight is 385 g/mol. The van der Waals surface area contributed by atoms with Crippen LogP contribution in [0.1, 0.15) is 39.7 Å². The lowest BCUT2D eigenvalue weighted by Gasteiger charge is -2.25. The van der Waals surface area contributed by atoms with Crippen molar-refractivity contribution in [3.8, 4) is 10.8 Å². The molecule has 2 heterocycles. The lowest BCUT2D eigenvalue weighted by Crippen LogP contribution is -2.29. The molecule has 0 radical (unpaired) electrons. The normalized spacial score (nSPS) is 12.0. The first-order valence-electron chi connectivity index (χ1n) is 8.33. The predicted molar refractivity (Wildman–Crippen MR) is 103 cm³/mol. The topological polar surface area (TPSA) is 89.5 Å². The quantitative estimate of drug-likeness (QED) is 0.466. The van der Waals surface area contributed by atoms with E-state index in [0.29, 0.717) is 26.9 Å². The van der Waals surface area contributed by atoms with Crippen LogP contribution in [0.15, 0.2) is 40.8 Å². The molecule has 8 heteroatoms. The van der Waals surface area contributed by atoms with Crippen LogP contribution in [-0.2, 0) is 0 Å². The number of non-ortho nitro benzene ring substituents is 1. The molecule has 0 aliphatic heterocycles. The number of aromatic nitrogens is 1. The molecule has 0 saturated carbocycles. The Labute approximate surface area is 160 Å². The van der Waals surface area contributed by atoms with Gasteiger partial charge in [-0.05, 0) is 38.5 Å². The van der Waals surface area contributed by atoms with Crippen LogP contribution in [0.3, 0.4) is 0 Å². The van der Waals surface area contributed by atoms with Gasteiger partial charge in [0.2, 0.25) is 0 Å². The van der Waals surface area contributed by atoms with Gasteiger partial charge < -0.3 is 9.32 Å². The zero-order chi connectivity index (χ0) is 19.7. The Bertz CT molecular complexity index is 1010. The van der Waals surface area contributed by atoms with Crippen LogP contribution in [0.25, 0.3) is 10.8 Å². The molecular formula is C19H19N3O4S. The fourth-order valence-electron chi connectivity index (χ4n) is 2.71. The largest absolute Gasteiger partial charge is 0.459 e. The molecule has 3 aromatic rings. The van der Waals surface area contributed by atoms with E-state index >= 15 is 0 Å². The summed E-state index contributed by atoms with van der Waals surface area (Å²) < 4.78 is 5.59. The summed E-state index contributed by atoms with van der Waals surface area (Å²) in [6.45, 7) is 5.48. The number of nitrogens with zero attached hydrogens (tertiary/aromatic N) is 3. The van der Waals surface area contributed by atoms with Crippen molar-refractivity contribution in [1.29, 1.82) is 0 Å². The van der Waals surface area contributed by atoms with Crippen LogP contribution in [0.2, 0.25) is 0 Å². The lowest BCUT2D eigenvalue weighted by molar-refractivity contribution is -0.384. The van der Waals surface area contributed by atoms with Gasteiger partial charge in [-0.2, -0.15) is 0 Å². The first kappa shape index (κ1) is 18.8. The summed E-state index contributed by atoms with van der Waals surface area (Å²) in [5.74, 6) is 1.23. The summed E-state index contributed by atoms with van der Waals surface area (Å²) in [5, 5.41) is 11.6. The zero-order valence-electron chi connectivity index (χ0n) is 15.4. The Hall–Kier alpha value is -3.00. The number of benzene rings is 1. The second-order valence-electron chi connectivity index (χ2n) is 6.29. The fourth-order valence-corrected chi connectivity index (χ4v) is 3.72. The molecule has 1 atom stereocenters. The van der Waals surface area contributed by atoms with Crippen molar-refractivity contribution in [3.05, 3.63) is 68.4 Å². The van der Waals surface area contributed by atoms with Crippen LogP contribution in [0.5, 0.6) is 0 Å². The monoisotopic (exact) mass is 385 g/mol. The van der Waals surface area contributed by atoms with Gasteiger partial charge in [0.1, 0.15) is 10.6 Å². The molecule has 0 N–H and O–H groups in total. The molecule has 0 fully saturated rings. The molecule has 0 bridgehead atoms. The van der Waals surface area contributed by atoms with E-state index in [0.717, 1.165) is 5.76 Å². The smallest absolute Gasteiger partial charge is 0.269 e. The number of nitro benzene ring substituents is 1. The highest BCUT2D eigenvalue weighted by molar-refractivity contribution is 7.17. The van der Waals surface area contributed by atoms with Crippen molar-refractivity contribution in [3.63, 3.8) is 0 Å². The maximum Gasteiger partial charge on any atom is 0.269 e. The maximum atomic E-state index is 13.0. The van der Waals surface area contributed by atoms with Crippen molar-refractivity contribution >= 4 is 22.9 Å².